The quantitative estimate of drug-likeness (QED) is 0.898. The topological polar surface area (TPSA) is 41.0 Å². The van der Waals surface area contributed by atoms with Crippen molar-refractivity contribution in [3.63, 3.8) is 0 Å². The zero-order valence-corrected chi connectivity index (χ0v) is 13.3. The zero-order valence-electron chi connectivity index (χ0n) is 13.3. The number of hydrogen-bond donors (Lipinski definition) is 1. The van der Waals surface area contributed by atoms with Gasteiger partial charge in [-0.25, -0.2) is 9.97 Å². The van der Waals surface area contributed by atoms with Gasteiger partial charge in [-0.05, 0) is 52.5 Å². The summed E-state index contributed by atoms with van der Waals surface area (Å²) in [7, 11) is 0. The Kier molecular flexibility index (Phi) is 5.35. The van der Waals surface area contributed by atoms with Crippen LogP contribution in [0.2, 0.25) is 0 Å². The highest BCUT2D eigenvalue weighted by molar-refractivity contribution is 5.40. The lowest BCUT2D eigenvalue weighted by Crippen LogP contribution is -2.45. The smallest absolute Gasteiger partial charge is 0.132 e. The second-order valence-electron chi connectivity index (χ2n) is 6.01. The first-order chi connectivity index (χ1) is 9.60. The van der Waals surface area contributed by atoms with E-state index in [1.54, 1.807) is 0 Å². The van der Waals surface area contributed by atoms with Crippen LogP contribution in [0.3, 0.4) is 0 Å². The number of aromatic nitrogens is 2. The van der Waals surface area contributed by atoms with Crippen molar-refractivity contribution in [1.82, 2.24) is 15.3 Å². The highest BCUT2D eigenvalue weighted by Gasteiger charge is 2.25. The summed E-state index contributed by atoms with van der Waals surface area (Å²) in [6.07, 6.45) is 3.77. The standard InChI is InChI=1S/C16H28N4/c1-5-8-17-13(3)15-7-6-9-20(11-15)16-10-12(2)18-14(4)19-16/h10,13,15,17H,5-9,11H2,1-4H3. The predicted molar refractivity (Wildman–Crippen MR) is 84.2 cm³/mol. The van der Waals surface area contributed by atoms with E-state index >= 15 is 0 Å². The number of rotatable bonds is 5. The summed E-state index contributed by atoms with van der Waals surface area (Å²) in [5, 5.41) is 3.64. The molecule has 2 heterocycles. The first-order valence-corrected chi connectivity index (χ1v) is 7.90. The van der Waals surface area contributed by atoms with Gasteiger partial charge in [0.05, 0.1) is 0 Å². The maximum atomic E-state index is 4.61. The lowest BCUT2D eigenvalue weighted by molar-refractivity contribution is 0.320. The molecule has 1 aliphatic heterocycles. The molecule has 20 heavy (non-hydrogen) atoms. The van der Waals surface area contributed by atoms with Gasteiger partial charge in [0.2, 0.25) is 0 Å². The van der Waals surface area contributed by atoms with Gasteiger partial charge in [-0.2, -0.15) is 0 Å². The van der Waals surface area contributed by atoms with Gasteiger partial charge in [0.15, 0.2) is 0 Å². The summed E-state index contributed by atoms with van der Waals surface area (Å²) in [5.41, 5.74) is 1.06. The summed E-state index contributed by atoms with van der Waals surface area (Å²) >= 11 is 0. The van der Waals surface area contributed by atoms with Crippen molar-refractivity contribution >= 4 is 5.82 Å². The van der Waals surface area contributed by atoms with Crippen LogP contribution in [0.25, 0.3) is 0 Å². The average molecular weight is 276 g/mol. The van der Waals surface area contributed by atoms with Crippen LogP contribution in [0.15, 0.2) is 6.07 Å². The fourth-order valence-electron chi connectivity index (χ4n) is 3.02. The zero-order chi connectivity index (χ0) is 14.5. The predicted octanol–water partition coefficient (Wildman–Crippen LogP) is 2.70. The van der Waals surface area contributed by atoms with Crippen molar-refractivity contribution < 1.29 is 0 Å². The van der Waals surface area contributed by atoms with Gasteiger partial charge < -0.3 is 10.2 Å². The fourth-order valence-corrected chi connectivity index (χ4v) is 3.02. The molecule has 0 aromatic carbocycles. The summed E-state index contributed by atoms with van der Waals surface area (Å²) in [4.78, 5) is 11.4. The molecule has 4 heteroatoms. The third-order valence-electron chi connectivity index (χ3n) is 4.16. The molecule has 0 aliphatic carbocycles. The monoisotopic (exact) mass is 276 g/mol. The molecule has 0 amide bonds. The van der Waals surface area contributed by atoms with Crippen molar-refractivity contribution in [2.75, 3.05) is 24.5 Å². The maximum absolute atomic E-state index is 4.61. The molecule has 1 aromatic rings. The van der Waals surface area contributed by atoms with Crippen molar-refractivity contribution in [3.05, 3.63) is 17.6 Å². The number of nitrogens with one attached hydrogen (secondary N) is 1. The number of piperidine rings is 1. The molecule has 2 atom stereocenters. The average Bonchev–Trinajstić information content (AvgIpc) is 2.44. The van der Waals surface area contributed by atoms with E-state index in [1.165, 1.54) is 19.3 Å². The number of aryl methyl sites for hydroxylation is 2. The third-order valence-corrected chi connectivity index (χ3v) is 4.16. The van der Waals surface area contributed by atoms with E-state index in [0.29, 0.717) is 12.0 Å². The van der Waals surface area contributed by atoms with Crippen LogP contribution in [-0.4, -0.2) is 35.6 Å². The molecule has 2 unspecified atom stereocenters. The van der Waals surface area contributed by atoms with Gasteiger partial charge in [-0.15, -0.1) is 0 Å². The molecule has 1 aromatic heterocycles. The van der Waals surface area contributed by atoms with E-state index in [0.717, 1.165) is 37.0 Å². The second-order valence-corrected chi connectivity index (χ2v) is 6.01. The van der Waals surface area contributed by atoms with Crippen LogP contribution in [-0.2, 0) is 0 Å². The van der Waals surface area contributed by atoms with Gasteiger partial charge >= 0.3 is 0 Å². The molecule has 112 valence electrons. The minimum atomic E-state index is 0.585. The normalized spacial score (nSPS) is 21.0. The minimum Gasteiger partial charge on any atom is -0.356 e. The molecule has 2 rings (SSSR count). The van der Waals surface area contributed by atoms with Crippen LogP contribution >= 0.6 is 0 Å². The minimum absolute atomic E-state index is 0.585. The van der Waals surface area contributed by atoms with E-state index in [1.807, 2.05) is 13.8 Å². The Labute approximate surface area is 123 Å². The molecule has 1 fully saturated rings. The molecule has 0 bridgehead atoms. The summed E-state index contributed by atoms with van der Waals surface area (Å²) in [5.74, 6) is 2.69. The van der Waals surface area contributed by atoms with E-state index in [-0.39, 0.29) is 0 Å². The third kappa shape index (κ3) is 3.92. The highest BCUT2D eigenvalue weighted by atomic mass is 15.2. The van der Waals surface area contributed by atoms with Crippen molar-refractivity contribution in [2.24, 2.45) is 5.92 Å². The molecule has 1 saturated heterocycles. The van der Waals surface area contributed by atoms with Crippen LogP contribution in [0, 0.1) is 19.8 Å². The van der Waals surface area contributed by atoms with Crippen LogP contribution in [0.1, 0.15) is 44.6 Å². The SMILES string of the molecule is CCCNC(C)C1CCCN(c2cc(C)nc(C)n2)C1. The first-order valence-electron chi connectivity index (χ1n) is 7.90. The summed E-state index contributed by atoms with van der Waals surface area (Å²) < 4.78 is 0. The maximum Gasteiger partial charge on any atom is 0.132 e. The Balaban J connectivity index is 2.02. The largest absolute Gasteiger partial charge is 0.356 e. The van der Waals surface area contributed by atoms with Gasteiger partial charge in [0.1, 0.15) is 11.6 Å². The fraction of sp³-hybridized carbons (Fsp3) is 0.750. The Morgan fingerprint density at radius 1 is 1.40 bits per heavy atom. The van der Waals surface area contributed by atoms with Crippen molar-refractivity contribution in [2.45, 2.75) is 53.0 Å². The van der Waals surface area contributed by atoms with Crippen molar-refractivity contribution in [3.8, 4) is 0 Å². The van der Waals surface area contributed by atoms with Crippen LogP contribution in [0.4, 0.5) is 5.82 Å². The van der Waals surface area contributed by atoms with Crippen LogP contribution < -0.4 is 10.2 Å². The Morgan fingerprint density at radius 2 is 2.20 bits per heavy atom. The molecular formula is C16H28N4. The first kappa shape index (κ1) is 15.2. The molecule has 0 radical (unpaired) electrons. The number of nitrogens with zero attached hydrogens (tertiary/aromatic N) is 3. The number of anilines is 1. The Morgan fingerprint density at radius 3 is 2.90 bits per heavy atom. The molecule has 4 nitrogen and oxygen atoms in total. The van der Waals surface area contributed by atoms with E-state index in [9.17, 15) is 0 Å². The van der Waals surface area contributed by atoms with Gasteiger partial charge in [0, 0.05) is 30.9 Å². The highest BCUT2D eigenvalue weighted by Crippen LogP contribution is 2.24. The second kappa shape index (κ2) is 7.02. The van der Waals surface area contributed by atoms with Gasteiger partial charge in [-0.3, -0.25) is 0 Å². The lowest BCUT2D eigenvalue weighted by Gasteiger charge is -2.37. The van der Waals surface area contributed by atoms with Gasteiger partial charge in [-0.1, -0.05) is 6.92 Å². The molecule has 0 spiro atoms. The van der Waals surface area contributed by atoms with Crippen LogP contribution in [0.5, 0.6) is 0 Å². The van der Waals surface area contributed by atoms with E-state index < -0.39 is 0 Å². The molecule has 1 N–H and O–H groups in total. The molecule has 1 aliphatic rings. The molecule has 0 saturated carbocycles. The number of hydrogen-bond acceptors (Lipinski definition) is 4. The molecular weight excluding hydrogens is 248 g/mol. The Hall–Kier alpha value is -1.16. The van der Waals surface area contributed by atoms with E-state index in [2.05, 4.69) is 40.1 Å². The van der Waals surface area contributed by atoms with Crippen molar-refractivity contribution in [1.29, 1.82) is 0 Å². The summed E-state index contributed by atoms with van der Waals surface area (Å²) in [6.45, 7) is 11.9. The summed E-state index contributed by atoms with van der Waals surface area (Å²) in [6, 6.07) is 2.70. The van der Waals surface area contributed by atoms with E-state index in [4.69, 9.17) is 0 Å². The Bertz CT molecular complexity index is 412. The lowest BCUT2D eigenvalue weighted by atomic mass is 9.91. The van der Waals surface area contributed by atoms with Gasteiger partial charge in [0.25, 0.3) is 0 Å².